The zero-order chi connectivity index (χ0) is 12.7. The Bertz CT molecular complexity index is 378. The lowest BCUT2D eigenvalue weighted by Crippen LogP contribution is -1.89. The maximum atomic E-state index is 10.4. The molecule has 1 aromatic carbocycles. The number of carboxylic acid groups (broad SMARTS) is 1. The van der Waals surface area contributed by atoms with E-state index in [-0.39, 0.29) is 7.92 Å². The molecule has 0 bridgehead atoms. The van der Waals surface area contributed by atoms with Crippen LogP contribution in [0.2, 0.25) is 0 Å². The van der Waals surface area contributed by atoms with E-state index in [9.17, 15) is 4.79 Å². The topological polar surface area (TPSA) is 37.3 Å². The largest absolute Gasteiger partial charge is 0.478 e. The number of carboxylic acids is 1. The Kier molecular flexibility index (Phi) is 5.93. The average molecular weight is 250 g/mol. The van der Waals surface area contributed by atoms with E-state index in [1.165, 1.54) is 30.1 Å². The number of hydrogen-bond acceptors (Lipinski definition) is 1. The van der Waals surface area contributed by atoms with Crippen LogP contribution in [0.25, 0.3) is 6.08 Å². The molecule has 0 saturated carbocycles. The van der Waals surface area contributed by atoms with Crippen molar-refractivity contribution in [3.05, 3.63) is 41.5 Å². The molecule has 1 rings (SSSR count). The fourth-order valence-electron chi connectivity index (χ4n) is 1.61. The second-order valence-corrected chi connectivity index (χ2v) is 6.80. The van der Waals surface area contributed by atoms with Crippen LogP contribution < -0.4 is 0 Å². The molecule has 0 atom stereocenters. The number of hydrogen-bond donors (Lipinski definition) is 1. The van der Waals surface area contributed by atoms with Crippen LogP contribution in [0.15, 0.2) is 30.3 Å². The van der Waals surface area contributed by atoms with Gasteiger partial charge in [-0.25, -0.2) is 4.79 Å². The average Bonchev–Trinajstić information content (AvgIpc) is 2.34. The third-order valence-corrected chi connectivity index (χ3v) is 5.30. The molecule has 0 radical (unpaired) electrons. The SMILES string of the molecule is CCP(CC)Cc1ccc(/C=C/C(=O)O)cc1. The Morgan fingerprint density at radius 2 is 1.82 bits per heavy atom. The molecule has 0 aromatic heterocycles. The van der Waals surface area contributed by atoms with Crippen molar-refractivity contribution in [2.24, 2.45) is 0 Å². The van der Waals surface area contributed by atoms with Crippen molar-refractivity contribution in [2.45, 2.75) is 20.0 Å². The highest BCUT2D eigenvalue weighted by atomic mass is 31.1. The minimum Gasteiger partial charge on any atom is -0.478 e. The highest BCUT2D eigenvalue weighted by Crippen LogP contribution is 2.38. The predicted octanol–water partition coefficient (Wildman–Crippen LogP) is 3.81. The summed E-state index contributed by atoms with van der Waals surface area (Å²) in [6.07, 6.45) is 6.50. The van der Waals surface area contributed by atoms with Crippen molar-refractivity contribution in [1.29, 1.82) is 0 Å². The highest BCUT2D eigenvalue weighted by Gasteiger charge is 2.03. The standard InChI is InChI=1S/C14H19O2P/c1-3-17(4-2)11-13-7-5-12(6-8-13)9-10-14(15)16/h5-10H,3-4,11H2,1-2H3,(H,15,16)/b10-9+. The maximum absolute atomic E-state index is 10.4. The van der Waals surface area contributed by atoms with Gasteiger partial charge >= 0.3 is 5.97 Å². The van der Waals surface area contributed by atoms with Crippen LogP contribution in [0.3, 0.4) is 0 Å². The van der Waals surface area contributed by atoms with Gasteiger partial charge in [-0.1, -0.05) is 38.1 Å². The molecule has 0 unspecified atom stereocenters. The Morgan fingerprint density at radius 3 is 2.29 bits per heavy atom. The molecule has 0 saturated heterocycles. The van der Waals surface area contributed by atoms with Gasteiger partial charge in [-0.15, -0.1) is 7.92 Å². The third-order valence-electron chi connectivity index (χ3n) is 2.70. The minimum absolute atomic E-state index is 0.128. The molecule has 92 valence electrons. The van der Waals surface area contributed by atoms with E-state index in [1.54, 1.807) is 6.08 Å². The summed E-state index contributed by atoms with van der Waals surface area (Å²) in [5, 5.41) is 8.53. The van der Waals surface area contributed by atoms with Crippen molar-refractivity contribution in [2.75, 3.05) is 12.3 Å². The molecule has 2 nitrogen and oxygen atoms in total. The summed E-state index contributed by atoms with van der Waals surface area (Å²) in [7, 11) is 0.128. The van der Waals surface area contributed by atoms with Crippen molar-refractivity contribution < 1.29 is 9.90 Å². The number of carbonyl (C=O) groups is 1. The lowest BCUT2D eigenvalue weighted by molar-refractivity contribution is -0.131. The van der Waals surface area contributed by atoms with E-state index in [0.717, 1.165) is 5.56 Å². The van der Waals surface area contributed by atoms with Gasteiger partial charge in [-0.2, -0.15) is 0 Å². The number of rotatable bonds is 6. The molecule has 17 heavy (non-hydrogen) atoms. The molecule has 0 aliphatic rings. The van der Waals surface area contributed by atoms with Crippen molar-refractivity contribution in [3.63, 3.8) is 0 Å². The first-order valence-corrected chi connectivity index (χ1v) is 7.77. The minimum atomic E-state index is -0.908. The van der Waals surface area contributed by atoms with Crippen LogP contribution in [0, 0.1) is 0 Å². The van der Waals surface area contributed by atoms with Gasteiger partial charge < -0.3 is 5.11 Å². The van der Waals surface area contributed by atoms with Crippen LogP contribution in [0.4, 0.5) is 0 Å². The first-order chi connectivity index (χ1) is 8.15. The van der Waals surface area contributed by atoms with Crippen LogP contribution in [-0.2, 0) is 11.0 Å². The van der Waals surface area contributed by atoms with Gasteiger partial charge in [0.2, 0.25) is 0 Å². The second kappa shape index (κ2) is 7.24. The van der Waals surface area contributed by atoms with Crippen LogP contribution in [0.5, 0.6) is 0 Å². The zero-order valence-corrected chi connectivity index (χ0v) is 11.3. The van der Waals surface area contributed by atoms with Crippen molar-refractivity contribution in [1.82, 2.24) is 0 Å². The summed E-state index contributed by atoms with van der Waals surface area (Å²) in [4.78, 5) is 10.4. The first-order valence-electron chi connectivity index (χ1n) is 5.88. The third kappa shape index (κ3) is 5.14. The fraction of sp³-hybridized carbons (Fsp3) is 0.357. The molecule has 0 aliphatic carbocycles. The van der Waals surface area contributed by atoms with E-state index in [0.29, 0.717) is 0 Å². The summed E-state index contributed by atoms with van der Waals surface area (Å²) >= 11 is 0. The van der Waals surface area contributed by atoms with Crippen molar-refractivity contribution >= 4 is 20.0 Å². The van der Waals surface area contributed by atoms with Gasteiger partial charge in [0.05, 0.1) is 0 Å². The molecule has 0 amide bonds. The fourth-order valence-corrected chi connectivity index (χ4v) is 3.23. The summed E-state index contributed by atoms with van der Waals surface area (Å²) < 4.78 is 0. The van der Waals surface area contributed by atoms with Gasteiger partial charge in [-0.05, 0) is 35.7 Å². The molecule has 1 N–H and O–H groups in total. The molecule has 3 heteroatoms. The van der Waals surface area contributed by atoms with Gasteiger partial charge in [0, 0.05) is 6.08 Å². The van der Waals surface area contributed by atoms with Crippen LogP contribution in [-0.4, -0.2) is 23.4 Å². The first kappa shape index (κ1) is 13.9. The molecule has 1 aromatic rings. The maximum Gasteiger partial charge on any atom is 0.328 e. The predicted molar refractivity (Wildman–Crippen MR) is 74.8 cm³/mol. The van der Waals surface area contributed by atoms with Crippen LogP contribution >= 0.6 is 7.92 Å². The van der Waals surface area contributed by atoms with Gasteiger partial charge in [-0.3, -0.25) is 0 Å². The smallest absolute Gasteiger partial charge is 0.328 e. The quantitative estimate of drug-likeness (QED) is 0.615. The van der Waals surface area contributed by atoms with E-state index in [4.69, 9.17) is 5.11 Å². The summed E-state index contributed by atoms with van der Waals surface area (Å²) in [6.45, 7) is 4.50. The van der Waals surface area contributed by atoms with E-state index in [2.05, 4.69) is 26.0 Å². The molecule has 0 aliphatic heterocycles. The monoisotopic (exact) mass is 250 g/mol. The van der Waals surface area contributed by atoms with Gasteiger partial charge in [0.1, 0.15) is 0 Å². The molecule has 0 heterocycles. The van der Waals surface area contributed by atoms with Gasteiger partial charge in [0.25, 0.3) is 0 Å². The summed E-state index contributed by atoms with van der Waals surface area (Å²) in [6, 6.07) is 8.16. The molecule has 0 fully saturated rings. The van der Waals surface area contributed by atoms with Crippen molar-refractivity contribution in [3.8, 4) is 0 Å². The highest BCUT2D eigenvalue weighted by molar-refractivity contribution is 7.56. The van der Waals surface area contributed by atoms with E-state index in [1.807, 2.05) is 12.1 Å². The Hall–Kier alpha value is -1.14. The lowest BCUT2D eigenvalue weighted by atomic mass is 10.1. The normalized spacial score (nSPS) is 11.2. The zero-order valence-electron chi connectivity index (χ0n) is 10.4. The Morgan fingerprint density at radius 1 is 1.24 bits per heavy atom. The Labute approximate surface area is 104 Å². The summed E-state index contributed by atoms with van der Waals surface area (Å²) in [5.74, 6) is -0.908. The lowest BCUT2D eigenvalue weighted by Gasteiger charge is -2.12. The Balaban J connectivity index is 2.64. The van der Waals surface area contributed by atoms with Gasteiger partial charge in [0.15, 0.2) is 0 Å². The molecular weight excluding hydrogens is 231 g/mol. The van der Waals surface area contributed by atoms with E-state index >= 15 is 0 Å². The van der Waals surface area contributed by atoms with E-state index < -0.39 is 5.97 Å². The number of benzene rings is 1. The number of aliphatic carboxylic acids is 1. The summed E-state index contributed by atoms with van der Waals surface area (Å²) in [5.41, 5.74) is 2.29. The molecular formula is C14H19O2P. The van der Waals surface area contributed by atoms with Crippen LogP contribution in [0.1, 0.15) is 25.0 Å². The second-order valence-electron chi connectivity index (χ2n) is 3.87. The molecule has 0 spiro atoms.